The Morgan fingerprint density at radius 3 is 2.24 bits per heavy atom. The zero-order chi connectivity index (χ0) is 15.2. The van der Waals surface area contributed by atoms with Crippen molar-refractivity contribution in [3.05, 3.63) is 70.7 Å². The minimum Gasteiger partial charge on any atom is -0.368 e. The fraction of sp³-hybridized carbons (Fsp3) is 0.125. The monoisotopic (exact) mass is 302 g/mol. The highest BCUT2D eigenvalue weighted by Crippen LogP contribution is 2.18. The van der Waals surface area contributed by atoms with Crippen LogP contribution < -0.4 is 5.73 Å². The van der Waals surface area contributed by atoms with E-state index in [1.54, 1.807) is 30.3 Å². The second-order valence-corrected chi connectivity index (χ2v) is 4.99. The fourth-order valence-electron chi connectivity index (χ4n) is 1.98. The molecule has 0 aromatic heterocycles. The molecule has 0 radical (unpaired) electrons. The topological polar surface area (TPSA) is 63.4 Å². The molecule has 5 heteroatoms. The second-order valence-electron chi connectivity index (χ2n) is 4.58. The van der Waals surface area contributed by atoms with Crippen molar-refractivity contribution in [3.63, 3.8) is 0 Å². The van der Waals surface area contributed by atoms with Crippen LogP contribution in [0.25, 0.3) is 0 Å². The van der Waals surface area contributed by atoms with Gasteiger partial charge in [-0.2, -0.15) is 0 Å². The fourth-order valence-corrected chi connectivity index (χ4v) is 2.18. The van der Waals surface area contributed by atoms with E-state index in [0.717, 1.165) is 5.56 Å². The molecule has 108 valence electrons. The molecule has 2 amide bonds. The maximum atomic E-state index is 12.5. The van der Waals surface area contributed by atoms with Gasteiger partial charge in [0.05, 0.1) is 6.54 Å². The summed E-state index contributed by atoms with van der Waals surface area (Å²) >= 11 is 6.10. The number of carbonyl (C=O) groups is 2. The van der Waals surface area contributed by atoms with Crippen molar-refractivity contribution in [3.8, 4) is 0 Å². The minimum atomic E-state index is -0.564. The maximum absolute atomic E-state index is 12.5. The molecule has 2 rings (SSSR count). The zero-order valence-electron chi connectivity index (χ0n) is 11.3. The van der Waals surface area contributed by atoms with E-state index in [1.165, 1.54) is 4.90 Å². The molecule has 0 saturated heterocycles. The molecule has 0 fully saturated rings. The molecule has 0 heterocycles. The van der Waals surface area contributed by atoms with Crippen LogP contribution in [0.3, 0.4) is 0 Å². The van der Waals surface area contributed by atoms with Gasteiger partial charge in [0.1, 0.15) is 0 Å². The van der Waals surface area contributed by atoms with E-state index in [4.69, 9.17) is 17.3 Å². The predicted octanol–water partition coefficient (Wildman–Crippen LogP) is 2.47. The standard InChI is InChI=1S/C16H15ClN2O2/c17-14-9-5-4-8-13(14)10-19(11-15(18)20)16(21)12-6-2-1-3-7-12/h1-9H,10-11H2,(H2,18,20). The number of rotatable bonds is 5. The lowest BCUT2D eigenvalue weighted by atomic mass is 10.1. The van der Waals surface area contributed by atoms with Crippen molar-refractivity contribution in [2.45, 2.75) is 6.54 Å². The lowest BCUT2D eigenvalue weighted by Gasteiger charge is -2.22. The summed E-state index contributed by atoms with van der Waals surface area (Å²) in [6, 6.07) is 16.0. The Morgan fingerprint density at radius 1 is 1.00 bits per heavy atom. The van der Waals surface area contributed by atoms with E-state index < -0.39 is 5.91 Å². The molecule has 2 N–H and O–H groups in total. The molecule has 2 aromatic rings. The van der Waals surface area contributed by atoms with Crippen LogP contribution in [-0.2, 0) is 11.3 Å². The summed E-state index contributed by atoms with van der Waals surface area (Å²) in [7, 11) is 0. The zero-order valence-corrected chi connectivity index (χ0v) is 12.1. The Bertz CT molecular complexity index is 644. The largest absolute Gasteiger partial charge is 0.368 e. The van der Waals surface area contributed by atoms with Crippen LogP contribution in [0.15, 0.2) is 54.6 Å². The van der Waals surface area contributed by atoms with Crippen LogP contribution in [0.2, 0.25) is 5.02 Å². The van der Waals surface area contributed by atoms with E-state index in [1.807, 2.05) is 24.3 Å². The van der Waals surface area contributed by atoms with Gasteiger partial charge >= 0.3 is 0 Å². The first-order valence-corrected chi connectivity index (χ1v) is 6.82. The number of halogens is 1. The molecule has 0 spiro atoms. The van der Waals surface area contributed by atoms with E-state index in [-0.39, 0.29) is 19.0 Å². The number of hydrogen-bond acceptors (Lipinski definition) is 2. The van der Waals surface area contributed by atoms with Crippen LogP contribution in [0.4, 0.5) is 0 Å². The molecule has 0 aliphatic heterocycles. The number of carbonyl (C=O) groups excluding carboxylic acids is 2. The van der Waals surface area contributed by atoms with E-state index in [0.29, 0.717) is 10.6 Å². The number of amides is 2. The smallest absolute Gasteiger partial charge is 0.254 e. The summed E-state index contributed by atoms with van der Waals surface area (Å²) in [6.07, 6.45) is 0. The maximum Gasteiger partial charge on any atom is 0.254 e. The van der Waals surface area contributed by atoms with Gasteiger partial charge in [-0.05, 0) is 23.8 Å². The molecule has 2 aromatic carbocycles. The number of hydrogen-bond donors (Lipinski definition) is 1. The van der Waals surface area contributed by atoms with E-state index >= 15 is 0 Å². The summed E-state index contributed by atoms with van der Waals surface area (Å²) in [5.41, 5.74) is 6.51. The normalized spacial score (nSPS) is 10.1. The van der Waals surface area contributed by atoms with Crippen molar-refractivity contribution in [1.82, 2.24) is 4.90 Å². The molecule has 4 nitrogen and oxygen atoms in total. The highest BCUT2D eigenvalue weighted by Gasteiger charge is 2.18. The molecule has 0 saturated carbocycles. The third kappa shape index (κ3) is 4.07. The molecule has 0 atom stereocenters. The Labute approximate surface area is 128 Å². The summed E-state index contributed by atoms with van der Waals surface area (Å²) in [5, 5.41) is 0.549. The number of nitrogens with two attached hydrogens (primary N) is 1. The van der Waals surface area contributed by atoms with Crippen molar-refractivity contribution in [1.29, 1.82) is 0 Å². The first-order valence-electron chi connectivity index (χ1n) is 6.44. The second kappa shape index (κ2) is 6.90. The highest BCUT2D eigenvalue weighted by molar-refractivity contribution is 6.31. The van der Waals surface area contributed by atoms with Crippen LogP contribution in [0.1, 0.15) is 15.9 Å². The van der Waals surface area contributed by atoms with Crippen LogP contribution >= 0.6 is 11.6 Å². The minimum absolute atomic E-state index is 0.154. The Hall–Kier alpha value is -2.33. The first kappa shape index (κ1) is 15.1. The SMILES string of the molecule is NC(=O)CN(Cc1ccccc1Cl)C(=O)c1ccccc1. The molecular formula is C16H15ClN2O2. The number of benzene rings is 2. The molecule has 21 heavy (non-hydrogen) atoms. The lowest BCUT2D eigenvalue weighted by molar-refractivity contribution is -0.118. The van der Waals surface area contributed by atoms with E-state index in [2.05, 4.69) is 0 Å². The van der Waals surface area contributed by atoms with Gasteiger partial charge < -0.3 is 10.6 Å². The van der Waals surface area contributed by atoms with Crippen LogP contribution in [0.5, 0.6) is 0 Å². The van der Waals surface area contributed by atoms with Crippen molar-refractivity contribution in [2.75, 3.05) is 6.54 Å². The summed E-state index contributed by atoms with van der Waals surface area (Å²) < 4.78 is 0. The van der Waals surface area contributed by atoms with Crippen molar-refractivity contribution >= 4 is 23.4 Å². The van der Waals surface area contributed by atoms with Gasteiger partial charge in [-0.1, -0.05) is 48.0 Å². The average molecular weight is 303 g/mol. The molecule has 0 aliphatic rings. The number of nitrogens with zero attached hydrogens (tertiary/aromatic N) is 1. The predicted molar refractivity (Wildman–Crippen MR) is 81.8 cm³/mol. The Morgan fingerprint density at radius 2 is 1.62 bits per heavy atom. The van der Waals surface area contributed by atoms with Gasteiger partial charge in [-0.15, -0.1) is 0 Å². The summed E-state index contributed by atoms with van der Waals surface area (Å²) in [5.74, 6) is -0.819. The van der Waals surface area contributed by atoms with Gasteiger partial charge in [-0.3, -0.25) is 9.59 Å². The molecular weight excluding hydrogens is 288 g/mol. The van der Waals surface area contributed by atoms with Crippen molar-refractivity contribution < 1.29 is 9.59 Å². The Kier molecular flexibility index (Phi) is 4.95. The number of primary amides is 1. The van der Waals surface area contributed by atoms with Gasteiger partial charge in [0, 0.05) is 17.1 Å². The van der Waals surface area contributed by atoms with Crippen molar-refractivity contribution in [2.24, 2.45) is 5.73 Å². The first-order chi connectivity index (χ1) is 10.1. The quantitative estimate of drug-likeness (QED) is 0.922. The van der Waals surface area contributed by atoms with Crippen LogP contribution in [0, 0.1) is 0 Å². The van der Waals surface area contributed by atoms with Gasteiger partial charge in [0.2, 0.25) is 5.91 Å². The van der Waals surface area contributed by atoms with Gasteiger partial charge in [-0.25, -0.2) is 0 Å². The van der Waals surface area contributed by atoms with Crippen LogP contribution in [-0.4, -0.2) is 23.3 Å². The third-order valence-electron chi connectivity index (χ3n) is 2.97. The molecule has 0 unspecified atom stereocenters. The summed E-state index contributed by atoms with van der Waals surface area (Å²) in [4.78, 5) is 25.1. The summed E-state index contributed by atoms with van der Waals surface area (Å²) in [6.45, 7) is 0.0787. The lowest BCUT2D eigenvalue weighted by Crippen LogP contribution is -2.38. The highest BCUT2D eigenvalue weighted by atomic mass is 35.5. The van der Waals surface area contributed by atoms with E-state index in [9.17, 15) is 9.59 Å². The average Bonchev–Trinajstić information content (AvgIpc) is 2.48. The van der Waals surface area contributed by atoms with Gasteiger partial charge in [0.15, 0.2) is 0 Å². The molecule has 0 bridgehead atoms. The molecule has 0 aliphatic carbocycles. The Balaban J connectivity index is 2.25. The van der Waals surface area contributed by atoms with Gasteiger partial charge in [0.25, 0.3) is 5.91 Å². The third-order valence-corrected chi connectivity index (χ3v) is 3.34.